The summed E-state index contributed by atoms with van der Waals surface area (Å²) in [4.78, 5) is 1.96. The Labute approximate surface area is 545 Å². The van der Waals surface area contributed by atoms with E-state index in [4.69, 9.17) is 0 Å². The molecule has 536 valence electrons. The summed E-state index contributed by atoms with van der Waals surface area (Å²) in [5.41, 5.74) is -14.3. The van der Waals surface area contributed by atoms with Crippen LogP contribution in [0.5, 0.6) is 0 Å². The van der Waals surface area contributed by atoms with E-state index in [0.717, 1.165) is 0 Å². The zero-order valence-corrected chi connectivity index (χ0v) is 55.5. The molecular formula is C72H100BF20N. The van der Waals surface area contributed by atoms with Crippen LogP contribution in [-0.2, 0) is 0 Å². The maximum absolute atomic E-state index is 15.4. The van der Waals surface area contributed by atoms with Crippen molar-refractivity contribution in [2.75, 3.05) is 19.6 Å². The van der Waals surface area contributed by atoms with Crippen LogP contribution in [0.3, 0.4) is 0 Å². The zero-order valence-electron chi connectivity index (χ0n) is 55.5. The minimum atomic E-state index is -7.22. The zero-order chi connectivity index (χ0) is 69.8. The second-order valence-electron chi connectivity index (χ2n) is 25.6. The Balaban J connectivity index is 0.000000491. The van der Waals surface area contributed by atoms with Gasteiger partial charge < -0.3 is 4.90 Å². The van der Waals surface area contributed by atoms with E-state index in [9.17, 15) is 52.7 Å². The van der Waals surface area contributed by atoms with E-state index in [0.29, 0.717) is 0 Å². The molecule has 22 heteroatoms. The summed E-state index contributed by atoms with van der Waals surface area (Å²) < 4.78 is 294. The Hall–Kier alpha value is -4.50. The fourth-order valence-corrected chi connectivity index (χ4v) is 13.0. The summed E-state index contributed by atoms with van der Waals surface area (Å²) in [6.07, 6.45) is 54.7. The number of unbranched alkanes of at least 4 members (excludes halogenated alkanes) is 39. The van der Waals surface area contributed by atoms with Gasteiger partial charge in [0.05, 0.1) is 19.6 Å². The Bertz CT molecular complexity index is 2370. The van der Waals surface area contributed by atoms with Crippen molar-refractivity contribution in [1.29, 1.82) is 0 Å². The quantitative estimate of drug-likeness (QED) is 0.0148. The van der Waals surface area contributed by atoms with Gasteiger partial charge in [-0.1, -0.05) is 252 Å². The summed E-state index contributed by atoms with van der Waals surface area (Å²) >= 11 is 0. The van der Waals surface area contributed by atoms with Gasteiger partial charge in [-0.05, 0) is 38.5 Å². The van der Waals surface area contributed by atoms with Gasteiger partial charge in [0, 0.05) is 0 Å². The van der Waals surface area contributed by atoms with Gasteiger partial charge in [0.15, 0.2) is 69.8 Å². The predicted molar refractivity (Wildman–Crippen MR) is 336 cm³/mol. The molecular weight excluding hydrogens is 1270 g/mol. The Kier molecular flexibility index (Phi) is 40.9. The molecule has 0 bridgehead atoms. The van der Waals surface area contributed by atoms with Crippen LogP contribution in [0.2, 0.25) is 0 Å². The summed E-state index contributed by atoms with van der Waals surface area (Å²) in [5.74, 6) is -71.4. The van der Waals surface area contributed by atoms with Crippen molar-refractivity contribution in [2.24, 2.45) is 0 Å². The fraction of sp³-hybridized carbons (Fsp3) is 0.667. The highest BCUT2D eigenvalue weighted by molar-refractivity contribution is 7.20. The highest BCUT2D eigenvalue weighted by Gasteiger charge is 2.52. The fourth-order valence-electron chi connectivity index (χ4n) is 13.0. The molecule has 1 N–H and O–H groups in total. The van der Waals surface area contributed by atoms with Gasteiger partial charge in [-0.25, -0.2) is 87.8 Å². The van der Waals surface area contributed by atoms with E-state index >= 15 is 35.1 Å². The van der Waals surface area contributed by atoms with E-state index in [-0.39, 0.29) is 0 Å². The molecule has 4 aromatic rings. The second kappa shape index (κ2) is 45.9. The number of halogens is 20. The molecule has 0 aliphatic rings. The summed E-state index contributed by atoms with van der Waals surface area (Å²) in [6, 6.07) is 0. The number of quaternary nitrogens is 1. The van der Waals surface area contributed by atoms with Gasteiger partial charge in [0.25, 0.3) is 0 Å². The highest BCUT2D eigenvalue weighted by Crippen LogP contribution is 2.31. The first-order valence-electron chi connectivity index (χ1n) is 35.1. The van der Waals surface area contributed by atoms with Crippen LogP contribution in [-0.4, -0.2) is 25.8 Å². The smallest absolute Gasteiger partial charge is 0.200 e. The molecule has 1 nitrogen and oxygen atoms in total. The number of rotatable bonds is 49. The van der Waals surface area contributed by atoms with Crippen molar-refractivity contribution < 1.29 is 92.7 Å². The largest absolute Gasteiger partial charge is 0.335 e. The number of nitrogens with one attached hydrogen (secondary N) is 1. The lowest BCUT2D eigenvalue weighted by Gasteiger charge is -2.44. The molecule has 4 aromatic carbocycles. The Morgan fingerprint density at radius 1 is 0.160 bits per heavy atom. The third-order valence-electron chi connectivity index (χ3n) is 18.4. The molecule has 0 aliphatic carbocycles. The highest BCUT2D eigenvalue weighted by atomic mass is 19.2. The van der Waals surface area contributed by atoms with Crippen LogP contribution in [0, 0.1) is 116 Å². The molecule has 0 aromatic heterocycles. The topological polar surface area (TPSA) is 4.44 Å². The molecule has 0 aliphatic heterocycles. The standard InChI is InChI=1S/C48H99N.C24BF20/c1-4-7-10-13-16-19-22-25-28-31-34-37-40-43-46-49(47-44-41-38-35-32-29-26-23-20-17-14-11-8-5-2)48-45-42-39-36-33-30-27-24-21-18-15-12-9-6-3;26-5-1(6(27)14(35)21(42)13(5)34)25(2-7(28)15(36)22(43)16(37)8(2)29,3-9(30)17(38)23(44)18(39)10(3)31)4-11(32)19(40)24(45)20(41)12(4)33/h4-48H2,1-3H3;/q;-1/p+1. The monoisotopic (exact) mass is 1370 g/mol. The molecule has 0 saturated heterocycles. The van der Waals surface area contributed by atoms with Gasteiger partial charge in [0.1, 0.15) is 52.7 Å². The van der Waals surface area contributed by atoms with Crippen molar-refractivity contribution in [3.8, 4) is 0 Å². The molecule has 0 fully saturated rings. The van der Waals surface area contributed by atoms with Crippen molar-refractivity contribution in [3.05, 3.63) is 116 Å². The van der Waals surface area contributed by atoms with Gasteiger partial charge in [-0.2, -0.15) is 0 Å². The third-order valence-corrected chi connectivity index (χ3v) is 18.4. The lowest BCUT2D eigenvalue weighted by Crippen LogP contribution is -3.12. The first-order chi connectivity index (χ1) is 45.0. The molecule has 0 saturated carbocycles. The SMILES string of the molecule is CCCCCCCCCCCCCCCC[NH+](CCCCCCCCCCCCCCCC)CCCCCCCCCCCCCCCC.Fc1c(F)c(F)c([B-](c2c(F)c(F)c(F)c(F)c2F)(c2c(F)c(F)c(F)c(F)c2F)c2c(F)c(F)c(F)c(F)c2F)c(F)c1F. The van der Waals surface area contributed by atoms with Crippen LogP contribution < -0.4 is 26.8 Å². The van der Waals surface area contributed by atoms with Crippen LogP contribution in [0.25, 0.3) is 0 Å². The first kappa shape index (κ1) is 83.7. The third kappa shape index (κ3) is 24.5. The normalized spacial score (nSPS) is 11.9. The second-order valence-corrected chi connectivity index (χ2v) is 25.6. The van der Waals surface area contributed by atoms with Crippen molar-refractivity contribution in [3.63, 3.8) is 0 Å². The summed E-state index contributed by atoms with van der Waals surface area (Å²) in [5, 5.41) is 0. The van der Waals surface area contributed by atoms with Gasteiger partial charge in [-0.3, -0.25) is 0 Å². The van der Waals surface area contributed by atoms with E-state index in [2.05, 4.69) is 20.8 Å². The van der Waals surface area contributed by atoms with Crippen LogP contribution in [0.4, 0.5) is 87.8 Å². The van der Waals surface area contributed by atoms with E-state index in [1.165, 1.54) is 289 Å². The maximum Gasteiger partial charge on any atom is 0.200 e. The molecule has 94 heavy (non-hydrogen) atoms. The van der Waals surface area contributed by atoms with Gasteiger partial charge in [-0.15, -0.1) is 21.9 Å². The van der Waals surface area contributed by atoms with Crippen LogP contribution >= 0.6 is 0 Å². The molecule has 0 unspecified atom stereocenters. The molecule has 4 rings (SSSR count). The van der Waals surface area contributed by atoms with Crippen molar-refractivity contribution >= 4 is 28.0 Å². The predicted octanol–water partition coefficient (Wildman–Crippen LogP) is 22.2. The van der Waals surface area contributed by atoms with E-state index in [1.807, 2.05) is 4.90 Å². The van der Waals surface area contributed by atoms with Crippen molar-refractivity contribution in [2.45, 2.75) is 290 Å². The van der Waals surface area contributed by atoms with Gasteiger partial charge in [0.2, 0.25) is 0 Å². The maximum atomic E-state index is 15.4. The molecule has 0 heterocycles. The number of hydrogen-bond donors (Lipinski definition) is 1. The van der Waals surface area contributed by atoms with Crippen LogP contribution in [0.15, 0.2) is 0 Å². The average molecular weight is 1370 g/mol. The average Bonchev–Trinajstić information content (AvgIpc) is 0.683. The summed E-state index contributed by atoms with van der Waals surface area (Å²) in [7, 11) is 0. The van der Waals surface area contributed by atoms with Crippen molar-refractivity contribution in [1.82, 2.24) is 0 Å². The molecule has 0 radical (unpaired) electrons. The van der Waals surface area contributed by atoms with E-state index in [1.54, 1.807) is 0 Å². The first-order valence-corrected chi connectivity index (χ1v) is 35.1. The Morgan fingerprint density at radius 3 is 0.394 bits per heavy atom. The number of benzene rings is 4. The molecule has 0 spiro atoms. The number of hydrogen-bond acceptors (Lipinski definition) is 0. The van der Waals surface area contributed by atoms with Crippen LogP contribution in [0.1, 0.15) is 290 Å². The minimum absolute atomic E-state index is 1.37. The van der Waals surface area contributed by atoms with E-state index < -0.39 is 144 Å². The van der Waals surface area contributed by atoms with Gasteiger partial charge >= 0.3 is 0 Å². The lowest BCUT2D eigenvalue weighted by molar-refractivity contribution is -0.900. The lowest BCUT2D eigenvalue weighted by atomic mass is 9.12. The Morgan fingerprint density at radius 2 is 0.266 bits per heavy atom. The minimum Gasteiger partial charge on any atom is -0.335 e. The summed E-state index contributed by atoms with van der Waals surface area (Å²) in [6.45, 7) is 11.3. The molecule has 0 atom stereocenters. The molecule has 0 amide bonds.